The van der Waals surface area contributed by atoms with E-state index in [9.17, 15) is 5.26 Å². The van der Waals surface area contributed by atoms with E-state index in [1.165, 1.54) is 0 Å². The average Bonchev–Trinajstić information content (AvgIpc) is 2.78. The van der Waals surface area contributed by atoms with E-state index in [0.717, 1.165) is 36.2 Å². The zero-order valence-electron chi connectivity index (χ0n) is 12.8. The molecule has 0 saturated carbocycles. The first-order valence-electron chi connectivity index (χ1n) is 7.18. The molecular formula is C16H21N5. The quantitative estimate of drug-likeness (QED) is 0.826. The molecule has 5 heteroatoms. The zero-order valence-corrected chi connectivity index (χ0v) is 12.8. The van der Waals surface area contributed by atoms with Crippen molar-refractivity contribution in [3.05, 3.63) is 34.9 Å². The molecular weight excluding hydrogens is 262 g/mol. The molecule has 0 bridgehead atoms. The molecule has 2 aromatic rings. The van der Waals surface area contributed by atoms with Crippen LogP contribution in [0, 0.1) is 25.2 Å². The third-order valence-corrected chi connectivity index (χ3v) is 3.45. The standard InChI is InChI=1S/C16H21N5/c1-4-5-8-19-16-13(10-17)15(18)21(20-16)14-9-11(2)6-7-12(14)3/h6-7,9H,4-5,8,18H2,1-3H3,(H,19,20). The summed E-state index contributed by atoms with van der Waals surface area (Å²) in [6.45, 7) is 6.94. The normalized spacial score (nSPS) is 10.4. The first-order valence-corrected chi connectivity index (χ1v) is 7.18. The number of hydrogen-bond acceptors (Lipinski definition) is 4. The summed E-state index contributed by atoms with van der Waals surface area (Å²) in [5.74, 6) is 0.939. The molecule has 110 valence electrons. The van der Waals surface area contributed by atoms with Crippen LogP contribution in [0.2, 0.25) is 0 Å². The van der Waals surface area contributed by atoms with Gasteiger partial charge in [0.2, 0.25) is 0 Å². The van der Waals surface area contributed by atoms with Gasteiger partial charge >= 0.3 is 0 Å². The zero-order chi connectivity index (χ0) is 15.4. The van der Waals surface area contributed by atoms with Crippen molar-refractivity contribution in [2.24, 2.45) is 0 Å². The Labute approximate surface area is 125 Å². The molecule has 5 nitrogen and oxygen atoms in total. The van der Waals surface area contributed by atoms with Gasteiger partial charge in [0.15, 0.2) is 5.82 Å². The van der Waals surface area contributed by atoms with Crippen LogP contribution in [0.4, 0.5) is 11.6 Å². The number of nitrogens with zero attached hydrogens (tertiary/aromatic N) is 3. The summed E-state index contributed by atoms with van der Waals surface area (Å²) in [7, 11) is 0. The number of aromatic nitrogens is 2. The number of aryl methyl sites for hydroxylation is 2. The Bertz CT molecular complexity index is 679. The summed E-state index contributed by atoms with van der Waals surface area (Å²) in [5, 5.41) is 17.0. The molecule has 0 aliphatic heterocycles. The maximum Gasteiger partial charge on any atom is 0.168 e. The van der Waals surface area contributed by atoms with Crippen molar-refractivity contribution < 1.29 is 0 Å². The summed E-state index contributed by atoms with van der Waals surface area (Å²) < 4.78 is 1.65. The average molecular weight is 283 g/mol. The Balaban J connectivity index is 2.45. The fraction of sp³-hybridized carbons (Fsp3) is 0.375. The molecule has 1 heterocycles. The number of rotatable bonds is 5. The van der Waals surface area contributed by atoms with Gasteiger partial charge in [0.1, 0.15) is 17.5 Å². The number of benzene rings is 1. The largest absolute Gasteiger partial charge is 0.382 e. The van der Waals surface area contributed by atoms with Crippen molar-refractivity contribution in [2.75, 3.05) is 17.6 Å². The van der Waals surface area contributed by atoms with E-state index in [0.29, 0.717) is 17.2 Å². The van der Waals surface area contributed by atoms with Crippen LogP contribution in [-0.4, -0.2) is 16.3 Å². The van der Waals surface area contributed by atoms with E-state index >= 15 is 0 Å². The van der Waals surface area contributed by atoms with E-state index in [1.54, 1.807) is 4.68 Å². The monoisotopic (exact) mass is 283 g/mol. The molecule has 1 aromatic carbocycles. The second-order valence-electron chi connectivity index (χ2n) is 5.20. The fourth-order valence-electron chi connectivity index (χ4n) is 2.18. The first kappa shape index (κ1) is 14.9. The van der Waals surface area contributed by atoms with Gasteiger partial charge in [0.05, 0.1) is 5.69 Å². The number of nitriles is 1. The van der Waals surface area contributed by atoms with Crippen molar-refractivity contribution in [1.29, 1.82) is 5.26 Å². The van der Waals surface area contributed by atoms with Gasteiger partial charge in [-0.05, 0) is 37.5 Å². The first-order chi connectivity index (χ1) is 10.1. The summed E-state index contributed by atoms with van der Waals surface area (Å²) in [6, 6.07) is 8.24. The molecule has 21 heavy (non-hydrogen) atoms. The molecule has 3 N–H and O–H groups in total. The lowest BCUT2D eigenvalue weighted by Gasteiger charge is -2.08. The smallest absolute Gasteiger partial charge is 0.168 e. The molecule has 0 amide bonds. The molecule has 1 aromatic heterocycles. The number of nitrogens with two attached hydrogens (primary N) is 1. The minimum atomic E-state index is 0.380. The highest BCUT2D eigenvalue weighted by Gasteiger charge is 2.17. The highest BCUT2D eigenvalue weighted by Crippen LogP contribution is 2.26. The molecule has 0 spiro atoms. The molecule has 0 saturated heterocycles. The summed E-state index contributed by atoms with van der Waals surface area (Å²) in [5.41, 5.74) is 9.62. The summed E-state index contributed by atoms with van der Waals surface area (Å²) in [4.78, 5) is 0. The number of nitrogens with one attached hydrogen (secondary N) is 1. The maximum absolute atomic E-state index is 9.32. The predicted octanol–water partition coefficient (Wildman–Crippen LogP) is 3.16. The molecule has 2 rings (SSSR count). The third-order valence-electron chi connectivity index (χ3n) is 3.45. The van der Waals surface area contributed by atoms with E-state index in [1.807, 2.05) is 32.0 Å². The summed E-state index contributed by atoms with van der Waals surface area (Å²) in [6.07, 6.45) is 2.11. The van der Waals surface area contributed by atoms with Gasteiger partial charge in [0, 0.05) is 6.54 Å². The Morgan fingerprint density at radius 2 is 2.14 bits per heavy atom. The van der Waals surface area contributed by atoms with Crippen molar-refractivity contribution in [3.63, 3.8) is 0 Å². The van der Waals surface area contributed by atoms with Gasteiger partial charge in [0.25, 0.3) is 0 Å². The van der Waals surface area contributed by atoms with Gasteiger partial charge in [-0.1, -0.05) is 25.5 Å². The highest BCUT2D eigenvalue weighted by molar-refractivity contribution is 5.66. The minimum Gasteiger partial charge on any atom is -0.382 e. The van der Waals surface area contributed by atoms with E-state index < -0.39 is 0 Å². The van der Waals surface area contributed by atoms with E-state index in [4.69, 9.17) is 5.73 Å². The number of hydrogen-bond donors (Lipinski definition) is 2. The predicted molar refractivity (Wildman–Crippen MR) is 85.6 cm³/mol. The molecule has 0 unspecified atom stereocenters. The second kappa shape index (κ2) is 6.31. The Hall–Kier alpha value is -2.48. The van der Waals surface area contributed by atoms with Gasteiger partial charge < -0.3 is 11.1 Å². The summed E-state index contributed by atoms with van der Waals surface area (Å²) >= 11 is 0. The Morgan fingerprint density at radius 1 is 1.38 bits per heavy atom. The Kier molecular flexibility index (Phi) is 4.49. The van der Waals surface area contributed by atoms with Gasteiger partial charge in [-0.2, -0.15) is 5.26 Å². The van der Waals surface area contributed by atoms with Crippen LogP contribution in [0.15, 0.2) is 18.2 Å². The van der Waals surface area contributed by atoms with Crippen LogP contribution < -0.4 is 11.1 Å². The highest BCUT2D eigenvalue weighted by atomic mass is 15.3. The number of anilines is 2. The van der Waals surface area contributed by atoms with Gasteiger partial charge in [-0.25, -0.2) is 4.68 Å². The second-order valence-corrected chi connectivity index (χ2v) is 5.20. The van der Waals surface area contributed by atoms with Gasteiger partial charge in [-0.3, -0.25) is 0 Å². The lowest BCUT2D eigenvalue weighted by molar-refractivity contribution is 0.821. The van der Waals surface area contributed by atoms with Crippen molar-refractivity contribution >= 4 is 11.6 Å². The van der Waals surface area contributed by atoms with Gasteiger partial charge in [-0.15, -0.1) is 5.10 Å². The Morgan fingerprint density at radius 3 is 2.81 bits per heavy atom. The lowest BCUT2D eigenvalue weighted by Crippen LogP contribution is -2.05. The minimum absolute atomic E-state index is 0.380. The van der Waals surface area contributed by atoms with Crippen LogP contribution in [0.25, 0.3) is 5.69 Å². The molecule has 0 aliphatic rings. The maximum atomic E-state index is 9.32. The number of unbranched alkanes of at least 4 members (excludes halogenated alkanes) is 1. The molecule has 0 radical (unpaired) electrons. The van der Waals surface area contributed by atoms with Crippen molar-refractivity contribution in [3.8, 4) is 11.8 Å². The topological polar surface area (TPSA) is 79.7 Å². The van der Waals surface area contributed by atoms with E-state index in [2.05, 4.69) is 23.4 Å². The SMILES string of the molecule is CCCCNc1nn(-c2cc(C)ccc2C)c(N)c1C#N. The van der Waals surface area contributed by atoms with Crippen molar-refractivity contribution in [2.45, 2.75) is 33.6 Å². The third kappa shape index (κ3) is 3.00. The number of nitrogen functional groups attached to an aromatic ring is 1. The van der Waals surface area contributed by atoms with Crippen LogP contribution in [0.1, 0.15) is 36.5 Å². The van der Waals surface area contributed by atoms with Crippen LogP contribution >= 0.6 is 0 Å². The van der Waals surface area contributed by atoms with Crippen LogP contribution in [-0.2, 0) is 0 Å². The molecule has 0 atom stereocenters. The van der Waals surface area contributed by atoms with Crippen LogP contribution in [0.5, 0.6) is 0 Å². The van der Waals surface area contributed by atoms with E-state index in [-0.39, 0.29) is 0 Å². The molecule has 0 aliphatic carbocycles. The lowest BCUT2D eigenvalue weighted by atomic mass is 10.1. The molecule has 0 fully saturated rings. The van der Waals surface area contributed by atoms with Crippen LogP contribution in [0.3, 0.4) is 0 Å². The van der Waals surface area contributed by atoms with Crippen molar-refractivity contribution in [1.82, 2.24) is 9.78 Å². The fourth-order valence-corrected chi connectivity index (χ4v) is 2.18.